The van der Waals surface area contributed by atoms with Crippen LogP contribution in [0, 0.1) is 10.1 Å². The fraction of sp³-hybridized carbons (Fsp3) is 0.500. The number of amides is 1. The highest BCUT2D eigenvalue weighted by Gasteiger charge is 2.20. The van der Waals surface area contributed by atoms with E-state index in [0.717, 1.165) is 17.1 Å². The van der Waals surface area contributed by atoms with Crippen molar-refractivity contribution in [1.82, 2.24) is 15.1 Å². The average Bonchev–Trinajstić information content (AvgIpc) is 2.83. The number of carbonyl (C=O) groups is 2. The third kappa shape index (κ3) is 4.05. The molecule has 104 valence electrons. The number of aromatic nitrogens is 2. The van der Waals surface area contributed by atoms with E-state index in [0.29, 0.717) is 6.42 Å². The van der Waals surface area contributed by atoms with Gasteiger partial charge in [0.25, 0.3) is 0 Å². The average molecular weight is 270 g/mol. The second-order valence-electron chi connectivity index (χ2n) is 3.70. The number of nitrogens with one attached hydrogen (secondary N) is 1. The minimum atomic E-state index is -0.733. The molecule has 1 aromatic rings. The molecule has 1 aromatic heterocycles. The molecule has 9 heteroatoms. The van der Waals surface area contributed by atoms with E-state index in [2.05, 4.69) is 15.2 Å². The molecule has 1 rings (SSSR count). The van der Waals surface area contributed by atoms with Gasteiger partial charge in [0.05, 0.1) is 12.0 Å². The van der Waals surface area contributed by atoms with Crippen molar-refractivity contribution in [3.8, 4) is 0 Å². The van der Waals surface area contributed by atoms with Crippen molar-refractivity contribution < 1.29 is 19.2 Å². The molecule has 0 bridgehead atoms. The van der Waals surface area contributed by atoms with Crippen molar-refractivity contribution in [2.75, 3.05) is 7.11 Å². The molecular weight excluding hydrogens is 256 g/mol. The lowest BCUT2D eigenvalue weighted by molar-refractivity contribution is -0.385. The smallest absolute Gasteiger partial charge is 0.328 e. The quantitative estimate of drug-likeness (QED) is 0.437. The number of carbonyl (C=O) groups excluding carboxylic acids is 2. The largest absolute Gasteiger partial charge is 0.467 e. The first-order chi connectivity index (χ1) is 8.97. The molecule has 0 aliphatic heterocycles. The Morgan fingerprint density at radius 1 is 1.63 bits per heavy atom. The van der Waals surface area contributed by atoms with E-state index in [1.54, 1.807) is 6.92 Å². The standard InChI is InChI=1S/C10H14N4O5/c1-3-8(10(16)19-2)12-9(15)6-13-5-7(4-11-13)14(17)18/h4-5,8H,3,6H2,1-2H3,(H,12,15). The number of nitrogens with zero attached hydrogens (tertiary/aromatic N) is 3. The van der Waals surface area contributed by atoms with Gasteiger partial charge in [-0.15, -0.1) is 0 Å². The molecule has 0 aliphatic rings. The molecule has 0 aromatic carbocycles. The van der Waals surface area contributed by atoms with Gasteiger partial charge in [0.2, 0.25) is 5.91 Å². The molecule has 1 N–H and O–H groups in total. The molecule has 0 saturated heterocycles. The summed E-state index contributed by atoms with van der Waals surface area (Å²) in [6, 6.07) is -0.733. The van der Waals surface area contributed by atoms with Crippen molar-refractivity contribution in [3.63, 3.8) is 0 Å². The monoisotopic (exact) mass is 270 g/mol. The summed E-state index contributed by atoms with van der Waals surface area (Å²) in [6.07, 6.45) is 2.57. The molecule has 1 amide bonds. The first kappa shape index (κ1) is 14.6. The fourth-order valence-electron chi connectivity index (χ4n) is 1.39. The van der Waals surface area contributed by atoms with Crippen LogP contribution in [0.15, 0.2) is 12.4 Å². The van der Waals surface area contributed by atoms with Crippen molar-refractivity contribution >= 4 is 17.6 Å². The van der Waals surface area contributed by atoms with Crippen LogP contribution < -0.4 is 5.32 Å². The minimum absolute atomic E-state index is 0.201. The lowest BCUT2D eigenvalue weighted by Gasteiger charge is -2.14. The highest BCUT2D eigenvalue weighted by atomic mass is 16.6. The first-order valence-corrected chi connectivity index (χ1v) is 5.52. The van der Waals surface area contributed by atoms with Gasteiger partial charge >= 0.3 is 11.7 Å². The highest BCUT2D eigenvalue weighted by molar-refractivity contribution is 5.84. The summed E-state index contributed by atoms with van der Waals surface area (Å²) in [5.74, 6) is -1.02. The predicted molar refractivity (Wildman–Crippen MR) is 63.1 cm³/mol. The lowest BCUT2D eigenvalue weighted by Crippen LogP contribution is -2.42. The van der Waals surface area contributed by atoms with Gasteiger partial charge in [0.1, 0.15) is 25.0 Å². The van der Waals surface area contributed by atoms with Crippen LogP contribution in [0.5, 0.6) is 0 Å². The topological polar surface area (TPSA) is 116 Å². The molecule has 9 nitrogen and oxygen atoms in total. The van der Waals surface area contributed by atoms with Crippen molar-refractivity contribution in [2.24, 2.45) is 0 Å². The molecule has 1 unspecified atom stereocenters. The van der Waals surface area contributed by atoms with E-state index in [1.165, 1.54) is 7.11 Å². The maximum absolute atomic E-state index is 11.6. The van der Waals surface area contributed by atoms with Crippen molar-refractivity contribution in [2.45, 2.75) is 25.9 Å². The number of esters is 1. The maximum atomic E-state index is 11.6. The Morgan fingerprint density at radius 2 is 2.32 bits per heavy atom. The summed E-state index contributed by atoms with van der Waals surface area (Å²) < 4.78 is 5.65. The molecule has 0 saturated carbocycles. The Hall–Kier alpha value is -2.45. The van der Waals surface area contributed by atoms with Crippen molar-refractivity contribution in [3.05, 3.63) is 22.5 Å². The van der Waals surface area contributed by atoms with Crippen LogP contribution >= 0.6 is 0 Å². The van der Waals surface area contributed by atoms with Crippen LogP contribution in [0.1, 0.15) is 13.3 Å². The first-order valence-electron chi connectivity index (χ1n) is 5.52. The Balaban J connectivity index is 2.58. The summed E-state index contributed by atoms with van der Waals surface area (Å²) in [7, 11) is 1.23. The van der Waals surface area contributed by atoms with Crippen LogP contribution in [0.4, 0.5) is 5.69 Å². The lowest BCUT2D eigenvalue weighted by atomic mass is 10.2. The Bertz CT molecular complexity index is 484. The number of rotatable bonds is 6. The SMILES string of the molecule is CCC(NC(=O)Cn1cc([N+](=O)[O-])cn1)C(=O)OC. The zero-order chi connectivity index (χ0) is 14.4. The Kier molecular flexibility index (Phi) is 4.98. The van der Waals surface area contributed by atoms with Gasteiger partial charge in [0.15, 0.2) is 0 Å². The van der Waals surface area contributed by atoms with Crippen LogP contribution in [-0.4, -0.2) is 39.7 Å². The molecular formula is C10H14N4O5. The highest BCUT2D eigenvalue weighted by Crippen LogP contribution is 2.07. The van der Waals surface area contributed by atoms with E-state index in [4.69, 9.17) is 0 Å². The van der Waals surface area contributed by atoms with E-state index in [9.17, 15) is 19.7 Å². The molecule has 0 spiro atoms. The summed E-state index contributed by atoms with van der Waals surface area (Å²) in [4.78, 5) is 32.7. The normalized spacial score (nSPS) is 11.7. The molecule has 0 aliphatic carbocycles. The van der Waals surface area contributed by atoms with Gasteiger partial charge in [0, 0.05) is 0 Å². The van der Waals surface area contributed by atoms with Gasteiger partial charge < -0.3 is 10.1 Å². The van der Waals surface area contributed by atoms with E-state index in [-0.39, 0.29) is 12.2 Å². The van der Waals surface area contributed by atoms with Crippen LogP contribution in [-0.2, 0) is 20.9 Å². The number of methoxy groups -OCH3 is 1. The molecule has 19 heavy (non-hydrogen) atoms. The Labute approximate surface area is 108 Å². The third-order valence-corrected chi connectivity index (χ3v) is 2.37. The fourth-order valence-corrected chi connectivity index (χ4v) is 1.39. The van der Waals surface area contributed by atoms with Gasteiger partial charge in [-0.05, 0) is 6.42 Å². The van der Waals surface area contributed by atoms with Crippen molar-refractivity contribution in [1.29, 1.82) is 0 Å². The van der Waals surface area contributed by atoms with Crippen LogP contribution in [0.25, 0.3) is 0 Å². The number of hydrogen-bond acceptors (Lipinski definition) is 6. The van der Waals surface area contributed by atoms with Gasteiger partial charge in [-0.1, -0.05) is 6.92 Å². The predicted octanol–water partition coefficient (Wildman–Crippen LogP) is -0.141. The minimum Gasteiger partial charge on any atom is -0.467 e. The van der Waals surface area contributed by atoms with E-state index in [1.807, 2.05) is 0 Å². The summed E-state index contributed by atoms with van der Waals surface area (Å²) in [5.41, 5.74) is -0.201. The van der Waals surface area contributed by atoms with E-state index < -0.39 is 22.8 Å². The summed E-state index contributed by atoms with van der Waals surface area (Å²) >= 11 is 0. The third-order valence-electron chi connectivity index (χ3n) is 2.37. The van der Waals surface area contributed by atoms with Gasteiger partial charge in [-0.2, -0.15) is 5.10 Å². The summed E-state index contributed by atoms with van der Waals surface area (Å²) in [5, 5.41) is 16.6. The second kappa shape index (κ2) is 6.47. The van der Waals surface area contributed by atoms with Crippen LogP contribution in [0.2, 0.25) is 0 Å². The zero-order valence-electron chi connectivity index (χ0n) is 10.5. The molecule has 1 atom stereocenters. The summed E-state index contributed by atoms with van der Waals surface area (Å²) in [6.45, 7) is 1.52. The van der Waals surface area contributed by atoms with Gasteiger partial charge in [-0.3, -0.25) is 19.6 Å². The molecule has 1 heterocycles. The number of hydrogen-bond donors (Lipinski definition) is 1. The number of nitro groups is 1. The maximum Gasteiger partial charge on any atom is 0.328 e. The second-order valence-corrected chi connectivity index (χ2v) is 3.70. The Morgan fingerprint density at radius 3 is 2.79 bits per heavy atom. The number of ether oxygens (including phenoxy) is 1. The molecule has 0 radical (unpaired) electrons. The van der Waals surface area contributed by atoms with Crippen LogP contribution in [0.3, 0.4) is 0 Å². The van der Waals surface area contributed by atoms with E-state index >= 15 is 0 Å². The zero-order valence-corrected chi connectivity index (χ0v) is 10.5. The van der Waals surface area contributed by atoms with Gasteiger partial charge in [-0.25, -0.2) is 4.79 Å². The molecule has 0 fully saturated rings.